The van der Waals surface area contributed by atoms with Crippen LogP contribution in [0.2, 0.25) is 0 Å². The van der Waals surface area contributed by atoms with E-state index in [0.717, 1.165) is 12.0 Å². The maximum atomic E-state index is 15.4. The van der Waals surface area contributed by atoms with Gasteiger partial charge < -0.3 is 45.9 Å². The Bertz CT molecular complexity index is 1540. The Kier molecular flexibility index (Phi) is 19.5. The molecule has 0 bridgehead atoms. The van der Waals surface area contributed by atoms with E-state index in [2.05, 4.69) is 151 Å². The number of hydrogen-bond donors (Lipinski definition) is 7. The molecule has 2 rings (SSSR count). The van der Waals surface area contributed by atoms with Gasteiger partial charge in [-0.15, -0.1) is 0 Å². The standard InChI is InChI=1S/C49H89N3O8S/c1-42(2,3)29-35(34-21-19-33(32-61)20-22-34)44(7,8)45(9,10)49(16,41(57)59-27-17-24-51-26-23-50)47(13,14)46(11,12)48(15,43(4,5)6)40(56)58-28-18-25-52-36-31-60-37(30-53)39(55)38(36)54/h19-22,35-39,51-55,61H,17-18,23-32,50H2,1-16H3. The van der Waals surface area contributed by atoms with Gasteiger partial charge in [-0.1, -0.05) is 121 Å². The average Bonchev–Trinajstić information content (AvgIpc) is 3.17. The van der Waals surface area contributed by atoms with E-state index in [0.29, 0.717) is 44.8 Å². The van der Waals surface area contributed by atoms with Crippen molar-refractivity contribution in [2.24, 2.45) is 49.1 Å². The number of thiol groups is 1. The van der Waals surface area contributed by atoms with E-state index < -0.39 is 62.3 Å². The topological polar surface area (TPSA) is 173 Å². The Labute approximate surface area is 376 Å². The van der Waals surface area contributed by atoms with Crippen LogP contribution in [0.4, 0.5) is 0 Å². The third-order valence-corrected chi connectivity index (χ3v) is 16.7. The number of carbonyl (C=O) groups is 2. The highest BCUT2D eigenvalue weighted by Gasteiger charge is 2.72. The molecule has 1 saturated heterocycles. The monoisotopic (exact) mass is 880 g/mol. The molecule has 0 radical (unpaired) electrons. The first-order valence-corrected chi connectivity index (χ1v) is 23.3. The van der Waals surface area contributed by atoms with Crippen molar-refractivity contribution in [3.63, 3.8) is 0 Å². The molecule has 12 heteroatoms. The van der Waals surface area contributed by atoms with Crippen LogP contribution in [0, 0.1) is 43.3 Å². The fourth-order valence-electron chi connectivity index (χ4n) is 10.0. The lowest BCUT2D eigenvalue weighted by molar-refractivity contribution is -0.231. The lowest BCUT2D eigenvalue weighted by atomic mass is 9.35. The second-order valence-electron chi connectivity index (χ2n) is 22.4. The highest BCUT2D eigenvalue weighted by atomic mass is 32.1. The van der Waals surface area contributed by atoms with Crippen LogP contribution in [0.3, 0.4) is 0 Å². The predicted octanol–water partition coefficient (Wildman–Crippen LogP) is 7.29. The van der Waals surface area contributed by atoms with Crippen LogP contribution in [0.5, 0.6) is 0 Å². The van der Waals surface area contributed by atoms with E-state index in [9.17, 15) is 20.1 Å². The molecule has 1 aliphatic rings. The summed E-state index contributed by atoms with van der Waals surface area (Å²) in [7, 11) is 0. The smallest absolute Gasteiger partial charge is 0.312 e. The predicted molar refractivity (Wildman–Crippen MR) is 250 cm³/mol. The van der Waals surface area contributed by atoms with Crippen molar-refractivity contribution in [1.82, 2.24) is 10.6 Å². The minimum absolute atomic E-state index is 0.0270. The molecule has 0 saturated carbocycles. The second kappa shape index (κ2) is 21.5. The molecule has 1 fully saturated rings. The second-order valence-corrected chi connectivity index (χ2v) is 22.7. The molecule has 1 aromatic carbocycles. The van der Waals surface area contributed by atoms with Gasteiger partial charge in [-0.3, -0.25) is 9.59 Å². The first-order chi connectivity index (χ1) is 27.9. The van der Waals surface area contributed by atoms with Crippen molar-refractivity contribution in [3.8, 4) is 0 Å². The van der Waals surface area contributed by atoms with Crippen LogP contribution < -0.4 is 16.4 Å². The van der Waals surface area contributed by atoms with Crippen LogP contribution in [0.15, 0.2) is 24.3 Å². The Morgan fingerprint density at radius 1 is 0.770 bits per heavy atom. The summed E-state index contributed by atoms with van der Waals surface area (Å²) in [5.74, 6) is 0.0600. The number of ether oxygens (including phenoxy) is 3. The minimum Gasteiger partial charge on any atom is -0.465 e. The molecule has 7 N–H and O–H groups in total. The van der Waals surface area contributed by atoms with E-state index in [1.807, 2.05) is 6.92 Å². The number of aliphatic hydroxyl groups excluding tert-OH is 3. The highest BCUT2D eigenvalue weighted by molar-refractivity contribution is 7.79. The SMILES string of the molecule is CC(C)(C)CC(c1ccc(CS)cc1)C(C)(C)C(C)(C)C(C)(C(=O)OCCCNCCN)C(C)(C)C(C)(C)C(C)(C(=O)OCCCNC1COC(CO)C(O)C1O)C(C)(C)C. The van der Waals surface area contributed by atoms with Crippen LogP contribution in [0.25, 0.3) is 0 Å². The van der Waals surface area contributed by atoms with Gasteiger partial charge in [0.2, 0.25) is 0 Å². The lowest BCUT2D eigenvalue weighted by Crippen LogP contribution is -2.68. The van der Waals surface area contributed by atoms with Crippen molar-refractivity contribution in [2.75, 3.05) is 52.6 Å². The van der Waals surface area contributed by atoms with Crippen molar-refractivity contribution in [2.45, 2.75) is 166 Å². The number of nitrogens with two attached hydrogens (primary N) is 1. The van der Waals surface area contributed by atoms with Gasteiger partial charge in [-0.2, -0.15) is 12.6 Å². The van der Waals surface area contributed by atoms with Gasteiger partial charge in [0.1, 0.15) is 18.3 Å². The van der Waals surface area contributed by atoms with Crippen LogP contribution in [0.1, 0.15) is 147 Å². The molecule has 354 valence electrons. The summed E-state index contributed by atoms with van der Waals surface area (Å²) in [6, 6.07) is 8.23. The van der Waals surface area contributed by atoms with Gasteiger partial charge in [0.15, 0.2) is 0 Å². The molecule has 1 heterocycles. The summed E-state index contributed by atoms with van der Waals surface area (Å²) in [5, 5.41) is 36.8. The molecular weight excluding hydrogens is 791 g/mol. The van der Waals surface area contributed by atoms with Gasteiger partial charge >= 0.3 is 11.9 Å². The maximum absolute atomic E-state index is 15.4. The van der Waals surface area contributed by atoms with E-state index in [1.165, 1.54) is 5.56 Å². The lowest BCUT2D eigenvalue weighted by Gasteiger charge is -2.67. The zero-order valence-electron chi connectivity index (χ0n) is 41.1. The van der Waals surface area contributed by atoms with Gasteiger partial charge in [-0.25, -0.2) is 0 Å². The summed E-state index contributed by atoms with van der Waals surface area (Å²) in [6.45, 7) is 37.0. The van der Waals surface area contributed by atoms with Gasteiger partial charge in [0.25, 0.3) is 0 Å². The number of carbonyl (C=O) groups excluding carboxylic acids is 2. The molecule has 0 aromatic heterocycles. The Balaban J connectivity index is 2.67. The number of aliphatic hydroxyl groups is 3. The quantitative estimate of drug-likeness (QED) is 0.0335. The number of benzene rings is 1. The van der Waals surface area contributed by atoms with Crippen molar-refractivity contribution in [3.05, 3.63) is 35.4 Å². The molecule has 7 unspecified atom stereocenters. The number of esters is 2. The van der Waals surface area contributed by atoms with Crippen molar-refractivity contribution >= 4 is 24.6 Å². The summed E-state index contributed by atoms with van der Waals surface area (Å²) < 4.78 is 18.1. The number of rotatable bonds is 23. The molecule has 11 nitrogen and oxygen atoms in total. The Morgan fingerprint density at radius 3 is 1.75 bits per heavy atom. The molecular formula is C49H89N3O8S. The average molecular weight is 880 g/mol. The zero-order valence-corrected chi connectivity index (χ0v) is 42.0. The van der Waals surface area contributed by atoms with Gasteiger partial charge in [0.05, 0.1) is 43.3 Å². The number of hydrogen-bond acceptors (Lipinski definition) is 12. The normalized spacial score (nSPS) is 22.2. The molecule has 0 spiro atoms. The molecule has 0 aliphatic carbocycles. The highest BCUT2D eigenvalue weighted by Crippen LogP contribution is 2.72. The molecule has 1 aromatic rings. The molecule has 7 atom stereocenters. The van der Waals surface area contributed by atoms with Crippen LogP contribution >= 0.6 is 12.6 Å². The van der Waals surface area contributed by atoms with Crippen LogP contribution in [-0.4, -0.2) is 104 Å². The summed E-state index contributed by atoms with van der Waals surface area (Å²) >= 11 is 4.53. The number of nitrogens with one attached hydrogen (secondary N) is 2. The van der Waals surface area contributed by atoms with E-state index >= 15 is 4.79 Å². The maximum Gasteiger partial charge on any atom is 0.312 e. The largest absolute Gasteiger partial charge is 0.465 e. The van der Waals surface area contributed by atoms with Crippen molar-refractivity contribution in [1.29, 1.82) is 0 Å². The fourth-order valence-corrected chi connectivity index (χ4v) is 10.2. The first kappa shape index (κ1) is 55.4. The first-order valence-electron chi connectivity index (χ1n) is 22.7. The Morgan fingerprint density at radius 2 is 1.28 bits per heavy atom. The molecule has 61 heavy (non-hydrogen) atoms. The summed E-state index contributed by atoms with van der Waals surface area (Å²) in [4.78, 5) is 30.3. The molecule has 1 aliphatic heterocycles. The Hall–Kier alpha value is -1.77. The summed E-state index contributed by atoms with van der Waals surface area (Å²) in [6.07, 6.45) is -1.18. The van der Waals surface area contributed by atoms with Gasteiger partial charge in [0, 0.05) is 18.8 Å². The zero-order chi connectivity index (χ0) is 47.0. The van der Waals surface area contributed by atoms with Gasteiger partial charge in [-0.05, 0) is 95.7 Å². The van der Waals surface area contributed by atoms with E-state index in [1.54, 1.807) is 0 Å². The third kappa shape index (κ3) is 11.6. The summed E-state index contributed by atoms with van der Waals surface area (Å²) in [5.41, 5.74) is 2.13. The third-order valence-electron chi connectivity index (χ3n) is 16.3. The van der Waals surface area contributed by atoms with E-state index in [4.69, 9.17) is 19.9 Å². The van der Waals surface area contributed by atoms with Crippen LogP contribution in [-0.2, 0) is 29.6 Å². The molecule has 0 amide bonds. The minimum atomic E-state index is -1.21. The van der Waals surface area contributed by atoms with E-state index in [-0.39, 0.29) is 49.7 Å². The fraction of sp³-hybridized carbons (Fsp3) is 0.837. The van der Waals surface area contributed by atoms with Crippen molar-refractivity contribution < 1.29 is 39.1 Å².